The van der Waals surface area contributed by atoms with E-state index in [-0.39, 0.29) is 0 Å². The summed E-state index contributed by atoms with van der Waals surface area (Å²) < 4.78 is 7.03. The number of rotatable bonds is 2. The summed E-state index contributed by atoms with van der Waals surface area (Å²) in [6, 6.07) is 47.5. The van der Waals surface area contributed by atoms with Gasteiger partial charge in [-0.25, -0.2) is 15.0 Å². The first-order valence-electron chi connectivity index (χ1n) is 15.8. The van der Waals surface area contributed by atoms with Gasteiger partial charge in [-0.15, -0.1) is 0 Å². The SMILES string of the molecule is c1ccc(-n2c3ccccc3c3ccc4c5c6c7cccnc7n7c8cccnc8nc7c6ccc5n(-c5ccccc5)c4c32)cc1. The van der Waals surface area contributed by atoms with Crippen LogP contribution < -0.4 is 0 Å². The van der Waals surface area contributed by atoms with Crippen molar-refractivity contribution in [3.8, 4) is 11.4 Å². The molecule has 0 atom stereocenters. The molecule has 0 amide bonds. The van der Waals surface area contributed by atoms with E-state index in [9.17, 15) is 0 Å². The molecule has 0 saturated carbocycles. The Balaban J connectivity index is 1.45. The quantitative estimate of drug-likeness (QED) is 0.186. The monoisotopic (exact) mass is 600 g/mol. The van der Waals surface area contributed by atoms with Crippen LogP contribution in [0.15, 0.2) is 146 Å². The summed E-state index contributed by atoms with van der Waals surface area (Å²) in [6.45, 7) is 0. The molecule has 0 bridgehead atoms. The highest BCUT2D eigenvalue weighted by Gasteiger charge is 2.24. The lowest BCUT2D eigenvalue weighted by atomic mass is 10.0. The van der Waals surface area contributed by atoms with Crippen molar-refractivity contribution in [2.24, 2.45) is 0 Å². The van der Waals surface area contributed by atoms with Crippen molar-refractivity contribution in [2.75, 3.05) is 0 Å². The zero-order valence-corrected chi connectivity index (χ0v) is 25.0. The van der Waals surface area contributed by atoms with Crippen molar-refractivity contribution in [3.63, 3.8) is 0 Å². The van der Waals surface area contributed by atoms with E-state index in [0.717, 1.165) is 49.9 Å². The summed E-state index contributed by atoms with van der Waals surface area (Å²) in [7, 11) is 0. The van der Waals surface area contributed by atoms with Crippen LogP contribution in [0.5, 0.6) is 0 Å². The van der Waals surface area contributed by atoms with E-state index in [2.05, 4.69) is 140 Å². The number of para-hydroxylation sites is 3. The molecule has 6 aromatic heterocycles. The van der Waals surface area contributed by atoms with Gasteiger partial charge in [0.2, 0.25) is 0 Å². The fourth-order valence-electron chi connectivity index (χ4n) is 7.87. The first-order valence-corrected chi connectivity index (χ1v) is 15.8. The van der Waals surface area contributed by atoms with Gasteiger partial charge in [0, 0.05) is 61.5 Å². The molecule has 6 nitrogen and oxygen atoms in total. The molecule has 0 aliphatic carbocycles. The van der Waals surface area contributed by atoms with Crippen LogP contribution in [0, 0.1) is 0 Å². The Hall–Kier alpha value is -6.53. The van der Waals surface area contributed by atoms with Crippen LogP contribution >= 0.6 is 0 Å². The van der Waals surface area contributed by atoms with E-state index < -0.39 is 0 Å². The van der Waals surface area contributed by atoms with Crippen molar-refractivity contribution in [2.45, 2.75) is 0 Å². The molecule has 0 radical (unpaired) electrons. The van der Waals surface area contributed by atoms with Gasteiger partial charge in [-0.3, -0.25) is 4.40 Å². The summed E-state index contributed by atoms with van der Waals surface area (Å²) in [5, 5.41) is 8.14. The molecule has 0 aliphatic rings. The Labute approximate surface area is 267 Å². The van der Waals surface area contributed by atoms with Crippen molar-refractivity contribution >= 4 is 82.2 Å². The van der Waals surface area contributed by atoms with Crippen LogP contribution in [0.2, 0.25) is 0 Å². The molecule has 6 heteroatoms. The molecular formula is C41H24N6. The smallest absolute Gasteiger partial charge is 0.178 e. The molecule has 0 saturated heterocycles. The Morgan fingerprint density at radius 1 is 0.383 bits per heavy atom. The topological polar surface area (TPSA) is 52.9 Å². The molecule has 0 spiro atoms. The van der Waals surface area contributed by atoms with Crippen LogP contribution in [-0.4, -0.2) is 28.5 Å². The fraction of sp³-hybridized carbons (Fsp3) is 0. The lowest BCUT2D eigenvalue weighted by molar-refractivity contribution is 1.15. The Kier molecular flexibility index (Phi) is 4.75. The molecule has 0 aliphatic heterocycles. The van der Waals surface area contributed by atoms with Gasteiger partial charge >= 0.3 is 0 Å². The number of nitrogens with zero attached hydrogens (tertiary/aromatic N) is 6. The van der Waals surface area contributed by atoms with Crippen LogP contribution in [0.25, 0.3) is 93.6 Å². The summed E-state index contributed by atoms with van der Waals surface area (Å²) in [5.41, 5.74) is 10.3. The van der Waals surface area contributed by atoms with Gasteiger partial charge in [-0.2, -0.15) is 0 Å². The highest BCUT2D eigenvalue weighted by atomic mass is 15.1. The Bertz CT molecular complexity index is 3060. The highest BCUT2D eigenvalue weighted by Crippen LogP contribution is 2.45. The zero-order valence-electron chi connectivity index (χ0n) is 25.0. The number of hydrogen-bond acceptors (Lipinski definition) is 3. The standard InChI is InChI=1S/C41H24N6/c1-3-11-25(12-4-1)45-32-17-8-7-15-27(32)28-19-20-29-36-33(46(38(29)37(28)45)26-13-5-2-6-14-26)22-21-31-35(36)30-16-9-24-43-40(30)47-34-18-10-23-42-39(34)44-41(31)47/h1-24H. The summed E-state index contributed by atoms with van der Waals surface area (Å²) >= 11 is 0. The maximum Gasteiger partial charge on any atom is 0.178 e. The van der Waals surface area contributed by atoms with Crippen molar-refractivity contribution < 1.29 is 0 Å². The van der Waals surface area contributed by atoms with Gasteiger partial charge in [-0.05, 0) is 66.7 Å². The summed E-state index contributed by atoms with van der Waals surface area (Å²) in [6.07, 6.45) is 3.67. The summed E-state index contributed by atoms with van der Waals surface area (Å²) in [4.78, 5) is 14.6. The number of imidazole rings is 1. The molecule has 6 heterocycles. The predicted molar refractivity (Wildman–Crippen MR) is 192 cm³/mol. The largest absolute Gasteiger partial charge is 0.307 e. The van der Waals surface area contributed by atoms with Gasteiger partial charge in [0.05, 0.1) is 27.6 Å². The molecule has 218 valence electrons. The summed E-state index contributed by atoms with van der Waals surface area (Å²) in [5.74, 6) is 0. The number of aromatic nitrogens is 6. The molecule has 0 unspecified atom stereocenters. The van der Waals surface area contributed by atoms with Crippen LogP contribution in [0.4, 0.5) is 0 Å². The molecule has 47 heavy (non-hydrogen) atoms. The van der Waals surface area contributed by atoms with Gasteiger partial charge < -0.3 is 9.13 Å². The third-order valence-electron chi connectivity index (χ3n) is 9.70. The van der Waals surface area contributed by atoms with Gasteiger partial charge in [0.15, 0.2) is 5.65 Å². The van der Waals surface area contributed by atoms with E-state index in [1.807, 2.05) is 18.3 Å². The van der Waals surface area contributed by atoms with Crippen LogP contribution in [0.3, 0.4) is 0 Å². The van der Waals surface area contributed by atoms with Crippen molar-refractivity contribution in [1.82, 2.24) is 28.5 Å². The number of benzene rings is 5. The second kappa shape index (κ2) is 9.02. The molecule has 11 aromatic rings. The molecule has 0 fully saturated rings. The maximum atomic E-state index is 5.08. The minimum atomic E-state index is 0.716. The van der Waals surface area contributed by atoms with Crippen molar-refractivity contribution in [3.05, 3.63) is 146 Å². The molecule has 5 aromatic carbocycles. The van der Waals surface area contributed by atoms with E-state index in [4.69, 9.17) is 9.97 Å². The average molecular weight is 601 g/mol. The third kappa shape index (κ3) is 3.16. The normalized spacial score (nSPS) is 12.3. The predicted octanol–water partition coefficient (Wildman–Crippen LogP) is 9.78. The Morgan fingerprint density at radius 2 is 0.979 bits per heavy atom. The number of pyridine rings is 3. The molecule has 11 rings (SSSR count). The van der Waals surface area contributed by atoms with Gasteiger partial charge in [0.1, 0.15) is 11.3 Å². The van der Waals surface area contributed by atoms with Crippen LogP contribution in [0.1, 0.15) is 0 Å². The highest BCUT2D eigenvalue weighted by molar-refractivity contribution is 6.33. The van der Waals surface area contributed by atoms with E-state index in [1.165, 1.54) is 38.1 Å². The van der Waals surface area contributed by atoms with Gasteiger partial charge in [0.25, 0.3) is 0 Å². The lowest BCUT2D eigenvalue weighted by Crippen LogP contribution is -1.98. The zero-order chi connectivity index (χ0) is 30.6. The van der Waals surface area contributed by atoms with Crippen molar-refractivity contribution in [1.29, 1.82) is 0 Å². The average Bonchev–Trinajstić information content (AvgIpc) is 3.80. The minimum Gasteiger partial charge on any atom is -0.307 e. The third-order valence-corrected chi connectivity index (χ3v) is 9.70. The Morgan fingerprint density at radius 3 is 1.81 bits per heavy atom. The van der Waals surface area contributed by atoms with E-state index >= 15 is 0 Å². The fourth-order valence-corrected chi connectivity index (χ4v) is 7.87. The number of fused-ring (bicyclic) bond motifs is 16. The van der Waals surface area contributed by atoms with E-state index in [1.54, 1.807) is 6.20 Å². The second-order valence-corrected chi connectivity index (χ2v) is 12.1. The van der Waals surface area contributed by atoms with Gasteiger partial charge in [-0.1, -0.05) is 66.7 Å². The first kappa shape index (κ1) is 24.8. The maximum absolute atomic E-state index is 5.08. The number of hydrogen-bond donors (Lipinski definition) is 0. The molecule has 0 N–H and O–H groups in total. The minimum absolute atomic E-state index is 0.716. The van der Waals surface area contributed by atoms with E-state index in [0.29, 0.717) is 5.65 Å². The van der Waals surface area contributed by atoms with Crippen LogP contribution in [-0.2, 0) is 0 Å². The lowest BCUT2D eigenvalue weighted by Gasteiger charge is -2.12. The second-order valence-electron chi connectivity index (χ2n) is 12.1. The molecular weight excluding hydrogens is 576 g/mol. The first-order chi connectivity index (χ1) is 23.4.